The highest BCUT2D eigenvalue weighted by molar-refractivity contribution is 6.34. The van der Waals surface area contributed by atoms with Crippen LogP contribution in [0.1, 0.15) is 36.5 Å². The quantitative estimate of drug-likeness (QED) is 0.615. The first-order valence-electron chi connectivity index (χ1n) is 6.00. The van der Waals surface area contributed by atoms with Crippen molar-refractivity contribution in [1.29, 1.82) is 0 Å². The summed E-state index contributed by atoms with van der Waals surface area (Å²) in [5.41, 5.74) is 6.67. The highest BCUT2D eigenvalue weighted by Gasteiger charge is 2.17. The smallest absolute Gasteiger partial charge is 0.337 e. The van der Waals surface area contributed by atoms with Gasteiger partial charge in [-0.1, -0.05) is 31.4 Å². The number of carboxylic acids is 1. The van der Waals surface area contributed by atoms with E-state index in [1.165, 1.54) is 6.07 Å². The molecular formula is C13H19ClN2O2. The molecule has 0 spiro atoms. The number of aromatic carboxylic acids is 1. The standard InChI is InChI=1S/C13H19ClN2O2/c1-3-4-5-6-16(2)12-10(13(17)18)7-9(15)8-11(12)14/h7-8H,3-6,15H2,1-2H3,(H,17,18). The molecule has 0 bridgehead atoms. The van der Waals surface area contributed by atoms with Crippen molar-refractivity contribution in [2.75, 3.05) is 24.2 Å². The average Bonchev–Trinajstić information content (AvgIpc) is 2.27. The van der Waals surface area contributed by atoms with Gasteiger partial charge in [0.25, 0.3) is 0 Å². The Bertz CT molecular complexity index is 435. The van der Waals surface area contributed by atoms with Crippen LogP contribution in [0.4, 0.5) is 11.4 Å². The van der Waals surface area contributed by atoms with E-state index < -0.39 is 5.97 Å². The summed E-state index contributed by atoms with van der Waals surface area (Å²) in [6.45, 7) is 2.90. The highest BCUT2D eigenvalue weighted by Crippen LogP contribution is 2.32. The maximum atomic E-state index is 11.2. The van der Waals surface area contributed by atoms with Crippen LogP contribution in [-0.4, -0.2) is 24.7 Å². The van der Waals surface area contributed by atoms with E-state index >= 15 is 0 Å². The number of nitrogen functional groups attached to an aromatic ring is 1. The normalized spacial score (nSPS) is 10.4. The Kier molecular flexibility index (Phi) is 5.28. The predicted octanol–water partition coefficient (Wildman–Crippen LogP) is 3.25. The van der Waals surface area contributed by atoms with Crippen LogP contribution >= 0.6 is 11.6 Å². The second kappa shape index (κ2) is 6.50. The Hall–Kier alpha value is -1.42. The second-order valence-corrected chi connectivity index (χ2v) is 4.74. The number of halogens is 1. The van der Waals surface area contributed by atoms with Gasteiger partial charge < -0.3 is 15.7 Å². The van der Waals surface area contributed by atoms with Crippen molar-refractivity contribution in [2.24, 2.45) is 0 Å². The van der Waals surface area contributed by atoms with Gasteiger partial charge in [0.05, 0.1) is 16.3 Å². The number of nitrogens with two attached hydrogens (primary N) is 1. The molecule has 0 atom stereocenters. The van der Waals surface area contributed by atoms with Gasteiger partial charge in [-0.05, 0) is 18.6 Å². The number of rotatable bonds is 6. The molecule has 0 radical (unpaired) electrons. The maximum absolute atomic E-state index is 11.2. The first kappa shape index (κ1) is 14.6. The minimum Gasteiger partial charge on any atom is -0.478 e. The van der Waals surface area contributed by atoms with E-state index in [0.29, 0.717) is 16.4 Å². The van der Waals surface area contributed by atoms with Gasteiger partial charge in [0.2, 0.25) is 0 Å². The van der Waals surface area contributed by atoms with Gasteiger partial charge in [0, 0.05) is 19.3 Å². The summed E-state index contributed by atoms with van der Waals surface area (Å²) >= 11 is 6.10. The van der Waals surface area contributed by atoms with Crippen LogP contribution in [0.3, 0.4) is 0 Å². The zero-order chi connectivity index (χ0) is 13.7. The van der Waals surface area contributed by atoms with Crippen molar-refractivity contribution in [2.45, 2.75) is 26.2 Å². The topological polar surface area (TPSA) is 66.6 Å². The van der Waals surface area contributed by atoms with Crippen LogP contribution in [-0.2, 0) is 0 Å². The highest BCUT2D eigenvalue weighted by atomic mass is 35.5. The van der Waals surface area contributed by atoms with Crippen LogP contribution in [0, 0.1) is 0 Å². The summed E-state index contributed by atoms with van der Waals surface area (Å²) in [5, 5.41) is 9.58. The lowest BCUT2D eigenvalue weighted by Gasteiger charge is -2.22. The van der Waals surface area contributed by atoms with E-state index in [-0.39, 0.29) is 5.56 Å². The first-order valence-corrected chi connectivity index (χ1v) is 6.38. The van der Waals surface area contributed by atoms with E-state index in [1.807, 2.05) is 11.9 Å². The molecule has 0 aromatic heterocycles. The molecule has 0 aliphatic heterocycles. The molecular weight excluding hydrogens is 252 g/mol. The third-order valence-electron chi connectivity index (χ3n) is 2.79. The molecule has 0 fully saturated rings. The molecule has 0 unspecified atom stereocenters. The maximum Gasteiger partial charge on any atom is 0.337 e. The molecule has 0 aliphatic carbocycles. The predicted molar refractivity (Wildman–Crippen MR) is 75.6 cm³/mol. The molecule has 0 heterocycles. The van der Waals surface area contributed by atoms with Crippen LogP contribution < -0.4 is 10.6 Å². The second-order valence-electron chi connectivity index (χ2n) is 4.33. The van der Waals surface area contributed by atoms with Crippen molar-refractivity contribution in [1.82, 2.24) is 0 Å². The Balaban J connectivity index is 3.02. The van der Waals surface area contributed by atoms with Crippen LogP contribution in [0.2, 0.25) is 5.02 Å². The van der Waals surface area contributed by atoms with E-state index in [9.17, 15) is 9.90 Å². The Morgan fingerprint density at radius 1 is 1.44 bits per heavy atom. The fourth-order valence-corrected chi connectivity index (χ4v) is 2.25. The monoisotopic (exact) mass is 270 g/mol. The molecule has 100 valence electrons. The molecule has 1 aromatic carbocycles. The van der Waals surface area contributed by atoms with Crippen LogP contribution in [0.5, 0.6) is 0 Å². The van der Waals surface area contributed by atoms with Gasteiger partial charge in [-0.15, -0.1) is 0 Å². The molecule has 0 aliphatic rings. The van der Waals surface area contributed by atoms with Gasteiger partial charge in [0.15, 0.2) is 0 Å². The summed E-state index contributed by atoms with van der Waals surface area (Å²) < 4.78 is 0. The number of carboxylic acid groups (broad SMARTS) is 1. The first-order chi connectivity index (χ1) is 8.47. The van der Waals surface area contributed by atoms with Crippen LogP contribution in [0.15, 0.2) is 12.1 Å². The lowest BCUT2D eigenvalue weighted by atomic mass is 10.1. The number of unbranched alkanes of at least 4 members (excludes halogenated alkanes) is 2. The Morgan fingerprint density at radius 3 is 2.67 bits per heavy atom. The number of benzene rings is 1. The van der Waals surface area contributed by atoms with E-state index in [0.717, 1.165) is 25.8 Å². The minimum atomic E-state index is -1.01. The molecule has 4 nitrogen and oxygen atoms in total. The third kappa shape index (κ3) is 3.53. The van der Waals surface area contributed by atoms with Crippen molar-refractivity contribution in [3.05, 3.63) is 22.7 Å². The lowest BCUT2D eigenvalue weighted by molar-refractivity contribution is 0.0697. The Morgan fingerprint density at radius 2 is 2.11 bits per heavy atom. The zero-order valence-electron chi connectivity index (χ0n) is 10.7. The largest absolute Gasteiger partial charge is 0.478 e. The summed E-state index contributed by atoms with van der Waals surface area (Å²) in [5.74, 6) is -1.01. The van der Waals surface area contributed by atoms with E-state index in [4.69, 9.17) is 17.3 Å². The van der Waals surface area contributed by atoms with Gasteiger partial charge in [-0.25, -0.2) is 4.79 Å². The fraction of sp³-hybridized carbons (Fsp3) is 0.462. The van der Waals surface area contributed by atoms with Gasteiger partial charge >= 0.3 is 5.97 Å². The molecule has 3 N–H and O–H groups in total. The molecule has 18 heavy (non-hydrogen) atoms. The van der Waals surface area contributed by atoms with Crippen molar-refractivity contribution >= 4 is 28.9 Å². The number of anilines is 2. The summed E-state index contributed by atoms with van der Waals surface area (Å²) in [4.78, 5) is 13.1. The van der Waals surface area contributed by atoms with E-state index in [2.05, 4.69) is 6.92 Å². The summed E-state index contributed by atoms with van der Waals surface area (Å²) in [6.07, 6.45) is 3.24. The lowest BCUT2D eigenvalue weighted by Crippen LogP contribution is -2.21. The minimum absolute atomic E-state index is 0.152. The van der Waals surface area contributed by atoms with Gasteiger partial charge in [-0.3, -0.25) is 0 Å². The van der Waals surface area contributed by atoms with Crippen molar-refractivity contribution < 1.29 is 9.90 Å². The summed E-state index contributed by atoms with van der Waals surface area (Å²) in [7, 11) is 1.85. The fourth-order valence-electron chi connectivity index (χ4n) is 1.88. The molecule has 0 saturated carbocycles. The molecule has 1 aromatic rings. The molecule has 1 rings (SSSR count). The number of hydrogen-bond donors (Lipinski definition) is 2. The Labute approximate surface area is 112 Å². The number of nitrogens with zero attached hydrogens (tertiary/aromatic N) is 1. The zero-order valence-corrected chi connectivity index (χ0v) is 11.5. The van der Waals surface area contributed by atoms with E-state index in [1.54, 1.807) is 6.07 Å². The third-order valence-corrected chi connectivity index (χ3v) is 3.08. The van der Waals surface area contributed by atoms with Gasteiger partial charge in [0.1, 0.15) is 0 Å². The molecule has 0 saturated heterocycles. The number of hydrogen-bond acceptors (Lipinski definition) is 3. The molecule has 5 heteroatoms. The van der Waals surface area contributed by atoms with Crippen LogP contribution in [0.25, 0.3) is 0 Å². The van der Waals surface area contributed by atoms with Crippen molar-refractivity contribution in [3.8, 4) is 0 Å². The average molecular weight is 271 g/mol. The summed E-state index contributed by atoms with van der Waals surface area (Å²) in [6, 6.07) is 3.03. The van der Waals surface area contributed by atoms with Crippen molar-refractivity contribution in [3.63, 3.8) is 0 Å². The molecule has 0 amide bonds. The number of carbonyl (C=O) groups is 1. The SMILES string of the molecule is CCCCCN(C)c1c(Cl)cc(N)cc1C(=O)O. The van der Waals surface area contributed by atoms with Gasteiger partial charge in [-0.2, -0.15) is 0 Å².